The molecule has 19 heavy (non-hydrogen) atoms. The predicted octanol–water partition coefficient (Wildman–Crippen LogP) is 3.00. The summed E-state index contributed by atoms with van der Waals surface area (Å²) in [6.45, 7) is 9.46. The van der Waals surface area contributed by atoms with Gasteiger partial charge in [-0.2, -0.15) is 0 Å². The molecule has 3 nitrogen and oxygen atoms in total. The molecule has 0 aliphatic carbocycles. The summed E-state index contributed by atoms with van der Waals surface area (Å²) in [4.78, 5) is 11.8. The Morgan fingerprint density at radius 2 is 1.95 bits per heavy atom. The van der Waals surface area contributed by atoms with Crippen molar-refractivity contribution in [1.29, 1.82) is 0 Å². The van der Waals surface area contributed by atoms with Crippen LogP contribution in [0.5, 0.6) is 0 Å². The smallest absolute Gasteiger partial charge is 0.220 e. The molecule has 0 radical (unpaired) electrons. The highest BCUT2D eigenvalue weighted by Crippen LogP contribution is 2.24. The number of rotatable bonds is 5. The minimum Gasteiger partial charge on any atom is -0.399 e. The summed E-state index contributed by atoms with van der Waals surface area (Å²) in [6.07, 6.45) is 1.19. The van der Waals surface area contributed by atoms with E-state index in [4.69, 9.17) is 5.73 Å². The quantitative estimate of drug-likeness (QED) is 0.801. The lowest BCUT2D eigenvalue weighted by atomic mass is 9.82. The Labute approximate surface area is 116 Å². The summed E-state index contributed by atoms with van der Waals surface area (Å²) in [7, 11) is 0. The molecule has 1 aromatic rings. The molecule has 0 saturated carbocycles. The van der Waals surface area contributed by atoms with Crippen LogP contribution in [-0.2, 0) is 11.2 Å². The van der Waals surface area contributed by atoms with E-state index in [0.717, 1.165) is 17.8 Å². The summed E-state index contributed by atoms with van der Waals surface area (Å²) >= 11 is 0. The van der Waals surface area contributed by atoms with E-state index in [-0.39, 0.29) is 11.3 Å². The Balaban J connectivity index is 2.35. The van der Waals surface area contributed by atoms with Crippen LogP contribution in [0.25, 0.3) is 0 Å². The second kappa shape index (κ2) is 6.60. The Morgan fingerprint density at radius 3 is 2.53 bits per heavy atom. The lowest BCUT2D eigenvalue weighted by molar-refractivity contribution is -0.121. The highest BCUT2D eigenvalue weighted by molar-refractivity contribution is 5.76. The fourth-order valence-corrected chi connectivity index (χ4v) is 1.67. The Bertz CT molecular complexity index is 421. The van der Waals surface area contributed by atoms with Gasteiger partial charge >= 0.3 is 0 Å². The van der Waals surface area contributed by atoms with Gasteiger partial charge in [0.15, 0.2) is 0 Å². The first kappa shape index (κ1) is 15.5. The van der Waals surface area contributed by atoms with Crippen molar-refractivity contribution in [2.24, 2.45) is 11.3 Å². The number of hydrogen-bond acceptors (Lipinski definition) is 2. The molecule has 0 bridgehead atoms. The maximum absolute atomic E-state index is 11.8. The number of nitrogens with one attached hydrogen (secondary N) is 1. The van der Waals surface area contributed by atoms with Gasteiger partial charge in [-0.15, -0.1) is 0 Å². The number of nitrogens with two attached hydrogens (primary N) is 1. The number of aryl methyl sites for hydroxylation is 1. The fraction of sp³-hybridized carbons (Fsp3) is 0.562. The van der Waals surface area contributed by atoms with Gasteiger partial charge in [-0.05, 0) is 29.4 Å². The van der Waals surface area contributed by atoms with E-state index in [0.29, 0.717) is 18.8 Å². The molecule has 1 atom stereocenters. The van der Waals surface area contributed by atoms with Crippen LogP contribution in [0.15, 0.2) is 24.3 Å². The SMILES string of the molecule is CC(CNC(=O)CCc1ccccc1N)C(C)(C)C. The number of anilines is 1. The lowest BCUT2D eigenvalue weighted by Gasteiger charge is -2.27. The Morgan fingerprint density at radius 1 is 1.32 bits per heavy atom. The molecule has 3 N–H and O–H groups in total. The number of carbonyl (C=O) groups is 1. The van der Waals surface area contributed by atoms with Gasteiger partial charge in [-0.1, -0.05) is 45.9 Å². The van der Waals surface area contributed by atoms with Gasteiger partial charge in [0, 0.05) is 18.7 Å². The van der Waals surface area contributed by atoms with E-state index in [1.54, 1.807) is 0 Å². The average molecular weight is 262 g/mol. The average Bonchev–Trinajstić information content (AvgIpc) is 2.33. The number of amides is 1. The molecule has 3 heteroatoms. The maximum atomic E-state index is 11.8. The van der Waals surface area contributed by atoms with Gasteiger partial charge in [-0.25, -0.2) is 0 Å². The van der Waals surface area contributed by atoms with Crippen LogP contribution in [0.3, 0.4) is 0 Å². The largest absolute Gasteiger partial charge is 0.399 e. The monoisotopic (exact) mass is 262 g/mol. The number of benzene rings is 1. The van der Waals surface area contributed by atoms with E-state index in [2.05, 4.69) is 33.0 Å². The number of para-hydroxylation sites is 1. The predicted molar refractivity (Wildman–Crippen MR) is 80.8 cm³/mol. The van der Waals surface area contributed by atoms with E-state index in [1.807, 2.05) is 24.3 Å². The van der Waals surface area contributed by atoms with Gasteiger partial charge in [0.05, 0.1) is 0 Å². The van der Waals surface area contributed by atoms with Crippen LogP contribution in [-0.4, -0.2) is 12.5 Å². The topological polar surface area (TPSA) is 55.1 Å². The van der Waals surface area contributed by atoms with Crippen molar-refractivity contribution in [1.82, 2.24) is 5.32 Å². The van der Waals surface area contributed by atoms with Crippen LogP contribution in [0.1, 0.15) is 39.7 Å². The zero-order chi connectivity index (χ0) is 14.5. The molecule has 1 aromatic carbocycles. The second-order valence-corrected chi connectivity index (χ2v) is 6.27. The summed E-state index contributed by atoms with van der Waals surface area (Å²) in [5.41, 5.74) is 7.88. The molecule has 0 aromatic heterocycles. The summed E-state index contributed by atoms with van der Waals surface area (Å²) < 4.78 is 0. The number of nitrogen functional groups attached to an aromatic ring is 1. The van der Waals surface area contributed by atoms with Gasteiger partial charge in [0.1, 0.15) is 0 Å². The Kier molecular flexibility index (Phi) is 5.40. The highest BCUT2D eigenvalue weighted by atomic mass is 16.1. The third-order valence-corrected chi connectivity index (χ3v) is 3.76. The zero-order valence-electron chi connectivity index (χ0n) is 12.5. The van der Waals surface area contributed by atoms with E-state index < -0.39 is 0 Å². The molecule has 0 spiro atoms. The number of hydrogen-bond donors (Lipinski definition) is 2. The van der Waals surface area contributed by atoms with Gasteiger partial charge in [-0.3, -0.25) is 4.79 Å². The minimum atomic E-state index is 0.0966. The van der Waals surface area contributed by atoms with Crippen LogP contribution in [0.2, 0.25) is 0 Å². The first-order chi connectivity index (χ1) is 8.80. The normalized spacial score (nSPS) is 13.1. The maximum Gasteiger partial charge on any atom is 0.220 e. The third-order valence-electron chi connectivity index (χ3n) is 3.76. The highest BCUT2D eigenvalue weighted by Gasteiger charge is 2.20. The summed E-state index contributed by atoms with van der Waals surface area (Å²) in [6, 6.07) is 7.70. The molecular weight excluding hydrogens is 236 g/mol. The van der Waals surface area contributed by atoms with Crippen LogP contribution in [0.4, 0.5) is 5.69 Å². The van der Waals surface area contributed by atoms with Crippen molar-refractivity contribution in [3.05, 3.63) is 29.8 Å². The molecular formula is C16H26N2O. The van der Waals surface area contributed by atoms with Crippen molar-refractivity contribution >= 4 is 11.6 Å². The molecule has 0 heterocycles. The fourth-order valence-electron chi connectivity index (χ4n) is 1.67. The molecule has 0 aliphatic heterocycles. The van der Waals surface area contributed by atoms with Crippen molar-refractivity contribution < 1.29 is 4.79 Å². The Hall–Kier alpha value is -1.51. The molecule has 1 amide bonds. The molecule has 0 aliphatic rings. The lowest BCUT2D eigenvalue weighted by Crippen LogP contribution is -2.33. The van der Waals surface area contributed by atoms with Crippen LogP contribution >= 0.6 is 0 Å². The minimum absolute atomic E-state index is 0.0966. The zero-order valence-corrected chi connectivity index (χ0v) is 12.5. The first-order valence-electron chi connectivity index (χ1n) is 6.91. The molecule has 1 rings (SSSR count). The summed E-state index contributed by atoms with van der Waals surface area (Å²) in [5.74, 6) is 0.553. The molecule has 0 saturated heterocycles. The standard InChI is InChI=1S/C16H26N2O/c1-12(16(2,3)4)11-18-15(19)10-9-13-7-5-6-8-14(13)17/h5-8,12H,9-11,17H2,1-4H3,(H,18,19). The molecule has 0 fully saturated rings. The van der Waals surface area contributed by atoms with Crippen LogP contribution in [0, 0.1) is 11.3 Å². The van der Waals surface area contributed by atoms with Gasteiger partial charge in [0.2, 0.25) is 5.91 Å². The van der Waals surface area contributed by atoms with Crippen molar-refractivity contribution in [2.45, 2.75) is 40.5 Å². The molecule has 1 unspecified atom stereocenters. The van der Waals surface area contributed by atoms with E-state index in [9.17, 15) is 4.79 Å². The van der Waals surface area contributed by atoms with Gasteiger partial charge in [0.25, 0.3) is 0 Å². The number of carbonyl (C=O) groups excluding carboxylic acids is 1. The summed E-state index contributed by atoms with van der Waals surface area (Å²) in [5, 5.41) is 3.00. The van der Waals surface area contributed by atoms with Crippen molar-refractivity contribution in [2.75, 3.05) is 12.3 Å². The van der Waals surface area contributed by atoms with Crippen molar-refractivity contribution in [3.8, 4) is 0 Å². The van der Waals surface area contributed by atoms with Crippen LogP contribution < -0.4 is 11.1 Å². The first-order valence-corrected chi connectivity index (χ1v) is 6.91. The third kappa shape index (κ3) is 5.33. The van der Waals surface area contributed by atoms with Crippen molar-refractivity contribution in [3.63, 3.8) is 0 Å². The van der Waals surface area contributed by atoms with E-state index in [1.165, 1.54) is 0 Å². The second-order valence-electron chi connectivity index (χ2n) is 6.27. The molecule has 106 valence electrons. The van der Waals surface area contributed by atoms with Gasteiger partial charge < -0.3 is 11.1 Å². The van der Waals surface area contributed by atoms with E-state index >= 15 is 0 Å².